The molecule has 1 fully saturated rings. The smallest absolute Gasteiger partial charge is 0.253 e. The van der Waals surface area contributed by atoms with Crippen LogP contribution in [0.3, 0.4) is 0 Å². The van der Waals surface area contributed by atoms with Crippen LogP contribution < -0.4 is 5.32 Å². The predicted molar refractivity (Wildman–Crippen MR) is 36.9 cm³/mol. The molecule has 4 heteroatoms. The zero-order valence-electron chi connectivity index (χ0n) is 5.67. The average Bonchev–Trinajstić information content (AvgIpc) is 1.88. The quantitative estimate of drug-likeness (QED) is 0.436. The SMILES string of the molecule is O=[N+]([O-])/C=C1/CCCCN1. The Kier molecular flexibility index (Phi) is 2.25. The molecule has 0 unspecified atom stereocenters. The van der Waals surface area contributed by atoms with Crippen LogP contribution in [0.1, 0.15) is 19.3 Å². The molecule has 0 spiro atoms. The van der Waals surface area contributed by atoms with Gasteiger partial charge in [0.05, 0.1) is 10.6 Å². The highest BCUT2D eigenvalue weighted by atomic mass is 16.6. The second-order valence-electron chi connectivity index (χ2n) is 2.32. The van der Waals surface area contributed by atoms with E-state index in [4.69, 9.17) is 0 Å². The van der Waals surface area contributed by atoms with Gasteiger partial charge in [-0.1, -0.05) is 0 Å². The van der Waals surface area contributed by atoms with Gasteiger partial charge in [-0.3, -0.25) is 10.1 Å². The lowest BCUT2D eigenvalue weighted by atomic mass is 10.1. The lowest BCUT2D eigenvalue weighted by Gasteiger charge is -2.13. The van der Waals surface area contributed by atoms with Gasteiger partial charge in [0.15, 0.2) is 0 Å². The van der Waals surface area contributed by atoms with E-state index in [-0.39, 0.29) is 0 Å². The highest BCUT2D eigenvalue weighted by molar-refractivity contribution is 4.96. The van der Waals surface area contributed by atoms with Crippen LogP contribution in [0, 0.1) is 10.1 Å². The van der Waals surface area contributed by atoms with Crippen LogP contribution in [0.15, 0.2) is 11.9 Å². The summed E-state index contributed by atoms with van der Waals surface area (Å²) < 4.78 is 0. The monoisotopic (exact) mass is 142 g/mol. The van der Waals surface area contributed by atoms with Crippen molar-refractivity contribution in [3.8, 4) is 0 Å². The van der Waals surface area contributed by atoms with Crippen LogP contribution >= 0.6 is 0 Å². The van der Waals surface area contributed by atoms with E-state index in [0.717, 1.165) is 37.7 Å². The first-order valence-corrected chi connectivity index (χ1v) is 3.37. The highest BCUT2D eigenvalue weighted by Gasteiger charge is 2.06. The molecule has 1 heterocycles. The van der Waals surface area contributed by atoms with Gasteiger partial charge in [-0.25, -0.2) is 0 Å². The van der Waals surface area contributed by atoms with E-state index >= 15 is 0 Å². The molecule has 1 N–H and O–H groups in total. The molecule has 56 valence electrons. The molecule has 0 atom stereocenters. The molecule has 0 aliphatic carbocycles. The molecule has 1 aliphatic heterocycles. The van der Waals surface area contributed by atoms with Crippen molar-refractivity contribution in [3.05, 3.63) is 22.0 Å². The summed E-state index contributed by atoms with van der Waals surface area (Å²) >= 11 is 0. The third-order valence-corrected chi connectivity index (χ3v) is 1.49. The summed E-state index contributed by atoms with van der Waals surface area (Å²) in [6.07, 6.45) is 4.06. The van der Waals surface area contributed by atoms with Gasteiger partial charge in [0.1, 0.15) is 0 Å². The Morgan fingerprint density at radius 1 is 1.60 bits per heavy atom. The number of hydrogen-bond donors (Lipinski definition) is 1. The van der Waals surface area contributed by atoms with E-state index < -0.39 is 4.92 Å². The Morgan fingerprint density at radius 2 is 2.40 bits per heavy atom. The van der Waals surface area contributed by atoms with Crippen LogP contribution in [-0.2, 0) is 0 Å². The van der Waals surface area contributed by atoms with Crippen molar-refractivity contribution in [1.29, 1.82) is 0 Å². The van der Waals surface area contributed by atoms with E-state index in [2.05, 4.69) is 5.32 Å². The fourth-order valence-corrected chi connectivity index (χ4v) is 1.02. The number of piperidine rings is 1. The summed E-state index contributed by atoms with van der Waals surface area (Å²) in [4.78, 5) is 9.55. The van der Waals surface area contributed by atoms with Crippen LogP contribution in [0.25, 0.3) is 0 Å². The second-order valence-corrected chi connectivity index (χ2v) is 2.32. The first-order valence-electron chi connectivity index (χ1n) is 3.37. The molecule has 1 rings (SSSR count). The number of nitrogens with one attached hydrogen (secondary N) is 1. The molecule has 0 amide bonds. The molecular weight excluding hydrogens is 132 g/mol. The number of rotatable bonds is 1. The molecule has 0 radical (unpaired) electrons. The maximum absolute atomic E-state index is 9.96. The summed E-state index contributed by atoms with van der Waals surface area (Å²) in [5.74, 6) is 0. The highest BCUT2D eigenvalue weighted by Crippen LogP contribution is 2.09. The Labute approximate surface area is 59.1 Å². The van der Waals surface area contributed by atoms with Crippen molar-refractivity contribution in [2.24, 2.45) is 0 Å². The van der Waals surface area contributed by atoms with E-state index in [0.29, 0.717) is 0 Å². The molecule has 0 aromatic heterocycles. The topological polar surface area (TPSA) is 55.2 Å². The average molecular weight is 142 g/mol. The van der Waals surface area contributed by atoms with Crippen molar-refractivity contribution in [2.45, 2.75) is 19.3 Å². The Hall–Kier alpha value is -1.06. The minimum absolute atomic E-state index is 0.409. The summed E-state index contributed by atoms with van der Waals surface area (Å²) in [6, 6.07) is 0. The minimum Gasteiger partial charge on any atom is -0.383 e. The van der Waals surface area contributed by atoms with E-state index in [1.165, 1.54) is 0 Å². The summed E-state index contributed by atoms with van der Waals surface area (Å²) in [5, 5.41) is 12.9. The van der Waals surface area contributed by atoms with Gasteiger partial charge >= 0.3 is 0 Å². The van der Waals surface area contributed by atoms with Crippen molar-refractivity contribution in [2.75, 3.05) is 6.54 Å². The molecule has 1 saturated heterocycles. The van der Waals surface area contributed by atoms with Crippen molar-refractivity contribution >= 4 is 0 Å². The van der Waals surface area contributed by atoms with Gasteiger partial charge in [-0.15, -0.1) is 0 Å². The van der Waals surface area contributed by atoms with Crippen LogP contribution in [-0.4, -0.2) is 11.5 Å². The number of nitrogens with zero attached hydrogens (tertiary/aromatic N) is 1. The van der Waals surface area contributed by atoms with Crippen LogP contribution in [0.5, 0.6) is 0 Å². The van der Waals surface area contributed by atoms with Crippen LogP contribution in [0.4, 0.5) is 0 Å². The maximum Gasteiger partial charge on any atom is 0.253 e. The number of hydrogen-bond acceptors (Lipinski definition) is 3. The Balaban J connectivity index is 2.45. The fourth-order valence-electron chi connectivity index (χ4n) is 1.02. The third kappa shape index (κ3) is 2.05. The number of allylic oxidation sites excluding steroid dienone is 1. The van der Waals surface area contributed by atoms with Gasteiger partial charge < -0.3 is 5.32 Å². The minimum atomic E-state index is -0.409. The second kappa shape index (κ2) is 3.20. The van der Waals surface area contributed by atoms with Gasteiger partial charge in [0.2, 0.25) is 0 Å². The molecule has 4 nitrogen and oxygen atoms in total. The molecular formula is C6H10N2O2. The number of nitro groups is 1. The van der Waals surface area contributed by atoms with Crippen molar-refractivity contribution in [1.82, 2.24) is 5.32 Å². The molecule has 0 aromatic rings. The molecule has 0 aromatic carbocycles. The molecule has 0 saturated carbocycles. The standard InChI is InChI=1S/C6H10N2O2/c9-8(10)5-6-3-1-2-4-7-6/h5,7H,1-4H2/b6-5-. The Bertz CT molecular complexity index is 157. The normalized spacial score (nSPS) is 22.2. The largest absolute Gasteiger partial charge is 0.383 e. The van der Waals surface area contributed by atoms with E-state index in [9.17, 15) is 10.1 Å². The fraction of sp³-hybridized carbons (Fsp3) is 0.667. The van der Waals surface area contributed by atoms with Crippen molar-refractivity contribution < 1.29 is 4.92 Å². The molecule has 10 heavy (non-hydrogen) atoms. The molecule has 0 bridgehead atoms. The zero-order chi connectivity index (χ0) is 7.40. The van der Waals surface area contributed by atoms with E-state index in [1.54, 1.807) is 0 Å². The van der Waals surface area contributed by atoms with Gasteiger partial charge in [0.25, 0.3) is 6.20 Å². The Morgan fingerprint density at radius 3 is 2.90 bits per heavy atom. The zero-order valence-corrected chi connectivity index (χ0v) is 5.67. The van der Waals surface area contributed by atoms with Gasteiger partial charge in [-0.05, 0) is 19.3 Å². The first kappa shape index (κ1) is 7.05. The van der Waals surface area contributed by atoms with Gasteiger partial charge in [0, 0.05) is 6.54 Å². The first-order chi connectivity index (χ1) is 4.79. The molecule has 1 aliphatic rings. The van der Waals surface area contributed by atoms with Gasteiger partial charge in [-0.2, -0.15) is 0 Å². The summed E-state index contributed by atoms with van der Waals surface area (Å²) in [6.45, 7) is 0.875. The van der Waals surface area contributed by atoms with E-state index in [1.807, 2.05) is 0 Å². The lowest BCUT2D eigenvalue weighted by Crippen LogP contribution is -2.20. The third-order valence-electron chi connectivity index (χ3n) is 1.49. The summed E-state index contributed by atoms with van der Waals surface area (Å²) in [7, 11) is 0. The maximum atomic E-state index is 9.96. The summed E-state index contributed by atoms with van der Waals surface area (Å²) in [5.41, 5.74) is 0.760. The lowest BCUT2D eigenvalue weighted by molar-refractivity contribution is -0.404. The predicted octanol–water partition coefficient (Wildman–Crippen LogP) is 0.878. The van der Waals surface area contributed by atoms with Crippen molar-refractivity contribution in [3.63, 3.8) is 0 Å². The van der Waals surface area contributed by atoms with Crippen LogP contribution in [0.2, 0.25) is 0 Å².